The SMILES string of the molecule is N#Cc1c(N)nc(N)nc1N.O=c1c2c(Cl)cccc2nc(CC2CC2)n1-c1cncc(F)c1. The van der Waals surface area contributed by atoms with Crippen molar-refractivity contribution in [3.8, 4) is 11.8 Å². The highest BCUT2D eigenvalue weighted by atomic mass is 35.5. The van der Waals surface area contributed by atoms with Gasteiger partial charge in [-0.25, -0.2) is 9.37 Å². The molecule has 3 aromatic heterocycles. The molecular weight excluding hydrogens is 461 g/mol. The molecular formula is C22H19ClFN9O. The summed E-state index contributed by atoms with van der Waals surface area (Å²) in [6, 6.07) is 8.24. The van der Waals surface area contributed by atoms with E-state index >= 15 is 0 Å². The zero-order valence-corrected chi connectivity index (χ0v) is 18.5. The molecule has 0 unspecified atom stereocenters. The number of nitrogen functional groups attached to an aromatic ring is 3. The molecule has 1 aliphatic rings. The minimum atomic E-state index is -0.494. The molecule has 12 heteroatoms. The third-order valence-corrected chi connectivity index (χ3v) is 5.44. The van der Waals surface area contributed by atoms with Crippen molar-refractivity contribution in [1.82, 2.24) is 24.5 Å². The van der Waals surface area contributed by atoms with Crippen molar-refractivity contribution in [2.45, 2.75) is 19.3 Å². The van der Waals surface area contributed by atoms with E-state index < -0.39 is 5.82 Å². The minimum Gasteiger partial charge on any atom is -0.382 e. The van der Waals surface area contributed by atoms with Gasteiger partial charge >= 0.3 is 0 Å². The minimum absolute atomic E-state index is 0.0116. The van der Waals surface area contributed by atoms with Crippen molar-refractivity contribution >= 4 is 40.1 Å². The Balaban J connectivity index is 0.000000210. The predicted molar refractivity (Wildman–Crippen MR) is 127 cm³/mol. The summed E-state index contributed by atoms with van der Waals surface area (Å²) in [6.07, 6.45) is 5.52. The van der Waals surface area contributed by atoms with Crippen LogP contribution in [0.3, 0.4) is 0 Å². The van der Waals surface area contributed by atoms with Gasteiger partial charge in [0.15, 0.2) is 0 Å². The molecule has 1 saturated carbocycles. The maximum absolute atomic E-state index is 13.6. The molecule has 0 bridgehead atoms. The zero-order chi connectivity index (χ0) is 24.4. The third-order valence-electron chi connectivity index (χ3n) is 5.13. The first kappa shape index (κ1) is 22.9. The van der Waals surface area contributed by atoms with Crippen LogP contribution in [0.2, 0.25) is 5.02 Å². The normalized spacial score (nSPS) is 12.6. The van der Waals surface area contributed by atoms with Crippen LogP contribution in [0.25, 0.3) is 16.6 Å². The fourth-order valence-electron chi connectivity index (χ4n) is 3.37. The van der Waals surface area contributed by atoms with Gasteiger partial charge in [0, 0.05) is 12.5 Å². The maximum atomic E-state index is 13.6. The summed E-state index contributed by atoms with van der Waals surface area (Å²) in [7, 11) is 0. The van der Waals surface area contributed by atoms with Crippen LogP contribution in [-0.4, -0.2) is 24.5 Å². The van der Waals surface area contributed by atoms with Gasteiger partial charge in [0.1, 0.15) is 34.9 Å². The van der Waals surface area contributed by atoms with Crippen LogP contribution in [0, 0.1) is 23.1 Å². The fourth-order valence-corrected chi connectivity index (χ4v) is 3.62. The quantitative estimate of drug-likeness (QED) is 0.398. The summed E-state index contributed by atoms with van der Waals surface area (Å²) in [5, 5.41) is 9.15. The standard InChI is InChI=1S/C17H13ClFN3O.C5H6N6/c18-13-2-1-3-14-16(13)17(23)22(12-7-11(19)8-20-9-12)15(21-14)6-10-4-5-10;6-1-2-3(7)10-5(9)11-4(2)8/h1-3,7-10H,4-6H2;(H6,7,8,9,10,11). The van der Waals surface area contributed by atoms with Gasteiger partial charge in [0.25, 0.3) is 5.56 Å². The number of nitrogens with zero attached hydrogens (tertiary/aromatic N) is 6. The highest BCUT2D eigenvalue weighted by Crippen LogP contribution is 2.33. The zero-order valence-electron chi connectivity index (χ0n) is 17.7. The van der Waals surface area contributed by atoms with Gasteiger partial charge in [-0.05, 0) is 30.9 Å². The summed E-state index contributed by atoms with van der Waals surface area (Å²) in [5.41, 5.74) is 16.5. The molecule has 1 aromatic carbocycles. The average Bonchev–Trinajstić information content (AvgIpc) is 3.58. The van der Waals surface area contributed by atoms with Crippen molar-refractivity contribution < 1.29 is 4.39 Å². The van der Waals surface area contributed by atoms with Gasteiger partial charge in [0.2, 0.25) is 5.95 Å². The van der Waals surface area contributed by atoms with Gasteiger partial charge in [-0.3, -0.25) is 14.3 Å². The lowest BCUT2D eigenvalue weighted by molar-refractivity contribution is 0.618. The van der Waals surface area contributed by atoms with E-state index in [-0.39, 0.29) is 28.7 Å². The number of hydrogen-bond acceptors (Lipinski definition) is 9. The van der Waals surface area contributed by atoms with Crippen LogP contribution < -0.4 is 22.8 Å². The Labute approximate surface area is 197 Å². The summed E-state index contributed by atoms with van der Waals surface area (Å²) in [6.45, 7) is 0. The second-order valence-corrected chi connectivity index (χ2v) is 8.06. The largest absolute Gasteiger partial charge is 0.382 e. The molecule has 4 aromatic rings. The Morgan fingerprint density at radius 1 is 1.15 bits per heavy atom. The van der Waals surface area contributed by atoms with Crippen LogP contribution in [-0.2, 0) is 6.42 Å². The van der Waals surface area contributed by atoms with E-state index in [0.29, 0.717) is 39.8 Å². The monoisotopic (exact) mass is 479 g/mol. The molecule has 1 aliphatic carbocycles. The van der Waals surface area contributed by atoms with Crippen molar-refractivity contribution in [2.75, 3.05) is 17.2 Å². The molecule has 3 heterocycles. The first-order valence-electron chi connectivity index (χ1n) is 10.2. The Morgan fingerprint density at radius 2 is 1.85 bits per heavy atom. The highest BCUT2D eigenvalue weighted by molar-refractivity contribution is 6.35. The van der Waals surface area contributed by atoms with E-state index in [1.54, 1.807) is 24.3 Å². The highest BCUT2D eigenvalue weighted by Gasteiger charge is 2.25. The van der Waals surface area contributed by atoms with E-state index in [0.717, 1.165) is 19.0 Å². The number of halogens is 2. The van der Waals surface area contributed by atoms with Crippen molar-refractivity contribution in [1.29, 1.82) is 5.26 Å². The second-order valence-electron chi connectivity index (χ2n) is 7.65. The van der Waals surface area contributed by atoms with Crippen LogP contribution in [0.4, 0.5) is 22.0 Å². The molecule has 10 nitrogen and oxygen atoms in total. The maximum Gasteiger partial charge on any atom is 0.267 e. The first-order valence-corrected chi connectivity index (χ1v) is 10.6. The van der Waals surface area contributed by atoms with Gasteiger partial charge in [-0.2, -0.15) is 15.2 Å². The van der Waals surface area contributed by atoms with Crippen LogP contribution in [0.1, 0.15) is 24.2 Å². The Morgan fingerprint density at radius 3 is 2.47 bits per heavy atom. The summed E-state index contributed by atoms with van der Waals surface area (Å²) in [5.74, 6) is 0.658. The van der Waals surface area contributed by atoms with Gasteiger partial charge in [0.05, 0.1) is 34.0 Å². The summed E-state index contributed by atoms with van der Waals surface area (Å²) < 4.78 is 15.0. The number of nitrogens with two attached hydrogens (primary N) is 3. The molecule has 172 valence electrons. The molecule has 34 heavy (non-hydrogen) atoms. The number of aromatic nitrogens is 5. The molecule has 0 saturated heterocycles. The number of benzene rings is 1. The lowest BCUT2D eigenvalue weighted by Crippen LogP contribution is -2.24. The molecule has 0 radical (unpaired) electrons. The summed E-state index contributed by atoms with van der Waals surface area (Å²) in [4.78, 5) is 28.5. The van der Waals surface area contributed by atoms with Crippen molar-refractivity contribution in [2.24, 2.45) is 5.92 Å². The first-order chi connectivity index (χ1) is 16.3. The Kier molecular flexibility index (Phi) is 6.25. The number of nitriles is 1. The van der Waals surface area contributed by atoms with Gasteiger partial charge in [-0.1, -0.05) is 17.7 Å². The Hall–Kier alpha value is -4.30. The van der Waals surface area contributed by atoms with Crippen molar-refractivity contribution in [3.63, 3.8) is 0 Å². The average molecular weight is 480 g/mol. The molecule has 6 N–H and O–H groups in total. The van der Waals surface area contributed by atoms with Crippen molar-refractivity contribution in [3.05, 3.63) is 69.2 Å². The third kappa shape index (κ3) is 4.72. The molecule has 0 atom stereocenters. The van der Waals surface area contributed by atoms with E-state index in [1.807, 2.05) is 0 Å². The van der Waals surface area contributed by atoms with Crippen LogP contribution >= 0.6 is 11.6 Å². The fraction of sp³-hybridized carbons (Fsp3) is 0.182. The molecule has 5 rings (SSSR count). The molecule has 1 fully saturated rings. The molecule has 0 spiro atoms. The molecule has 0 aliphatic heterocycles. The van der Waals surface area contributed by atoms with Gasteiger partial charge < -0.3 is 17.2 Å². The van der Waals surface area contributed by atoms with E-state index in [4.69, 9.17) is 34.1 Å². The van der Waals surface area contributed by atoms with Gasteiger partial charge in [-0.15, -0.1) is 0 Å². The van der Waals surface area contributed by atoms with Crippen LogP contribution in [0.5, 0.6) is 0 Å². The lowest BCUT2D eigenvalue weighted by Gasteiger charge is -2.13. The summed E-state index contributed by atoms with van der Waals surface area (Å²) >= 11 is 6.18. The topological polar surface area (TPSA) is 175 Å². The van der Waals surface area contributed by atoms with E-state index in [9.17, 15) is 9.18 Å². The number of anilines is 3. The number of rotatable bonds is 3. The number of pyridine rings is 1. The number of hydrogen-bond donors (Lipinski definition) is 3. The van der Waals surface area contributed by atoms with E-state index in [1.165, 1.54) is 16.8 Å². The smallest absolute Gasteiger partial charge is 0.267 e. The second kappa shape index (κ2) is 9.29. The Bertz CT molecular complexity index is 1470. The number of fused-ring (bicyclic) bond motifs is 1. The van der Waals surface area contributed by atoms with E-state index in [2.05, 4.69) is 19.9 Å². The lowest BCUT2D eigenvalue weighted by atomic mass is 10.2. The van der Waals surface area contributed by atoms with Crippen LogP contribution in [0.15, 0.2) is 41.5 Å². The predicted octanol–water partition coefficient (Wildman–Crippen LogP) is 2.62. The molecule has 0 amide bonds.